The molecule has 0 radical (unpaired) electrons. The van der Waals surface area contributed by atoms with E-state index in [4.69, 9.17) is 5.73 Å². The molecule has 0 aromatic carbocycles. The Bertz CT molecular complexity index is 510. The predicted octanol–water partition coefficient (Wildman–Crippen LogP) is 1.84. The quantitative estimate of drug-likeness (QED) is 0.851. The third kappa shape index (κ3) is 1.84. The standard InChI is InChI=1S/C15H21N3O/c16-14(15-17-2-1-12(19)18-15)13-10-4-8-3-9(6-10)7-11(13)5-8/h1-2,8-11,13-14H,3-7,16H2,(H,17,18,19). The minimum absolute atomic E-state index is 0.0933. The molecule has 4 heteroatoms. The highest BCUT2D eigenvalue weighted by Gasteiger charge is 2.50. The summed E-state index contributed by atoms with van der Waals surface area (Å²) < 4.78 is 0. The molecule has 4 aliphatic carbocycles. The molecule has 1 aromatic rings. The summed E-state index contributed by atoms with van der Waals surface area (Å²) in [4.78, 5) is 18.5. The second-order valence-electron chi connectivity index (χ2n) is 6.85. The largest absolute Gasteiger partial charge is 0.321 e. The van der Waals surface area contributed by atoms with Crippen molar-refractivity contribution >= 4 is 0 Å². The van der Waals surface area contributed by atoms with E-state index in [1.807, 2.05) is 0 Å². The van der Waals surface area contributed by atoms with Gasteiger partial charge in [0, 0.05) is 12.3 Å². The van der Waals surface area contributed by atoms with Crippen LogP contribution in [0.2, 0.25) is 0 Å². The first-order chi connectivity index (χ1) is 9.20. The molecule has 0 aliphatic heterocycles. The van der Waals surface area contributed by atoms with Gasteiger partial charge in [-0.2, -0.15) is 0 Å². The Balaban J connectivity index is 1.63. The SMILES string of the molecule is NC(c1nccc(=O)[nH]1)C1C2CC3CC(C2)CC1C3. The summed E-state index contributed by atoms with van der Waals surface area (Å²) in [5.74, 6) is 4.64. The zero-order valence-electron chi connectivity index (χ0n) is 11.1. The van der Waals surface area contributed by atoms with Gasteiger partial charge in [0.15, 0.2) is 0 Å². The van der Waals surface area contributed by atoms with Crippen molar-refractivity contribution in [1.82, 2.24) is 9.97 Å². The molecule has 1 heterocycles. The Kier molecular flexibility index (Phi) is 2.56. The van der Waals surface area contributed by atoms with Crippen LogP contribution in [-0.2, 0) is 0 Å². The Labute approximate surface area is 112 Å². The first-order valence-electron chi connectivity index (χ1n) is 7.51. The van der Waals surface area contributed by atoms with Gasteiger partial charge in [0.25, 0.3) is 5.56 Å². The van der Waals surface area contributed by atoms with Gasteiger partial charge in [0.2, 0.25) is 0 Å². The van der Waals surface area contributed by atoms with Gasteiger partial charge in [-0.15, -0.1) is 0 Å². The van der Waals surface area contributed by atoms with Gasteiger partial charge in [-0.05, 0) is 61.7 Å². The van der Waals surface area contributed by atoms with Gasteiger partial charge in [-0.3, -0.25) is 4.79 Å². The highest BCUT2D eigenvalue weighted by Crippen LogP contribution is 2.58. The maximum atomic E-state index is 11.4. The van der Waals surface area contributed by atoms with Crippen molar-refractivity contribution < 1.29 is 0 Å². The van der Waals surface area contributed by atoms with Crippen LogP contribution in [0.25, 0.3) is 0 Å². The van der Waals surface area contributed by atoms with E-state index in [1.165, 1.54) is 38.2 Å². The molecular weight excluding hydrogens is 238 g/mol. The van der Waals surface area contributed by atoms with E-state index in [0.717, 1.165) is 23.7 Å². The van der Waals surface area contributed by atoms with Crippen LogP contribution in [-0.4, -0.2) is 9.97 Å². The molecule has 0 amide bonds. The van der Waals surface area contributed by atoms with Crippen LogP contribution < -0.4 is 11.3 Å². The molecule has 0 saturated heterocycles. The maximum Gasteiger partial charge on any atom is 0.250 e. The third-order valence-electron chi connectivity index (χ3n) is 5.72. The first-order valence-corrected chi connectivity index (χ1v) is 7.51. The highest BCUT2D eigenvalue weighted by molar-refractivity contribution is 5.06. The Morgan fingerprint density at radius 1 is 1.16 bits per heavy atom. The van der Waals surface area contributed by atoms with Crippen molar-refractivity contribution in [2.75, 3.05) is 0 Å². The summed E-state index contributed by atoms with van der Waals surface area (Å²) in [7, 11) is 0. The molecule has 4 aliphatic rings. The number of rotatable bonds is 2. The fraction of sp³-hybridized carbons (Fsp3) is 0.733. The third-order valence-corrected chi connectivity index (χ3v) is 5.72. The van der Waals surface area contributed by atoms with Crippen molar-refractivity contribution in [3.05, 3.63) is 28.4 Å². The normalized spacial score (nSPS) is 41.4. The van der Waals surface area contributed by atoms with Crippen LogP contribution >= 0.6 is 0 Å². The molecule has 4 saturated carbocycles. The predicted molar refractivity (Wildman–Crippen MR) is 72.3 cm³/mol. The Morgan fingerprint density at radius 3 is 2.37 bits per heavy atom. The second-order valence-corrected chi connectivity index (χ2v) is 6.85. The highest BCUT2D eigenvalue weighted by atomic mass is 16.1. The Morgan fingerprint density at radius 2 is 1.79 bits per heavy atom. The lowest BCUT2D eigenvalue weighted by Crippen LogP contribution is -2.49. The average Bonchev–Trinajstić information content (AvgIpc) is 2.37. The topological polar surface area (TPSA) is 71.8 Å². The van der Waals surface area contributed by atoms with Crippen LogP contribution in [0.1, 0.15) is 44.0 Å². The van der Waals surface area contributed by atoms with E-state index in [1.54, 1.807) is 6.20 Å². The lowest BCUT2D eigenvalue weighted by atomic mass is 9.50. The minimum atomic E-state index is -0.0936. The fourth-order valence-corrected chi connectivity index (χ4v) is 5.29. The van der Waals surface area contributed by atoms with E-state index in [0.29, 0.717) is 11.7 Å². The molecule has 4 bridgehead atoms. The summed E-state index contributed by atoms with van der Waals surface area (Å²) in [5, 5.41) is 0. The lowest BCUT2D eigenvalue weighted by Gasteiger charge is -2.55. The molecule has 3 N–H and O–H groups in total. The summed E-state index contributed by atoms with van der Waals surface area (Å²) in [6.07, 6.45) is 8.43. The fourth-order valence-electron chi connectivity index (χ4n) is 5.29. The van der Waals surface area contributed by atoms with Crippen LogP contribution in [0.3, 0.4) is 0 Å². The van der Waals surface area contributed by atoms with Crippen LogP contribution in [0, 0.1) is 29.6 Å². The van der Waals surface area contributed by atoms with Crippen molar-refractivity contribution in [2.24, 2.45) is 35.3 Å². The molecule has 19 heavy (non-hydrogen) atoms. The number of H-pyrrole nitrogens is 1. The van der Waals surface area contributed by atoms with E-state index >= 15 is 0 Å². The van der Waals surface area contributed by atoms with Crippen LogP contribution in [0.4, 0.5) is 0 Å². The van der Waals surface area contributed by atoms with Crippen molar-refractivity contribution in [1.29, 1.82) is 0 Å². The van der Waals surface area contributed by atoms with Crippen molar-refractivity contribution in [3.63, 3.8) is 0 Å². The minimum Gasteiger partial charge on any atom is -0.321 e. The number of hydrogen-bond acceptors (Lipinski definition) is 3. The molecule has 0 spiro atoms. The number of nitrogens with zero attached hydrogens (tertiary/aromatic N) is 1. The number of aromatic nitrogens is 2. The van der Waals surface area contributed by atoms with Gasteiger partial charge in [0.1, 0.15) is 5.82 Å². The molecule has 4 fully saturated rings. The summed E-state index contributed by atoms with van der Waals surface area (Å²) >= 11 is 0. The van der Waals surface area contributed by atoms with E-state index in [-0.39, 0.29) is 11.6 Å². The van der Waals surface area contributed by atoms with Crippen LogP contribution in [0.5, 0.6) is 0 Å². The summed E-state index contributed by atoms with van der Waals surface area (Å²) in [5.41, 5.74) is 6.36. The number of hydrogen-bond donors (Lipinski definition) is 2. The van der Waals surface area contributed by atoms with Gasteiger partial charge in [-0.1, -0.05) is 0 Å². The Hall–Kier alpha value is -1.16. The summed E-state index contributed by atoms with van der Waals surface area (Å²) in [6.45, 7) is 0. The van der Waals surface area contributed by atoms with Crippen LogP contribution in [0.15, 0.2) is 17.1 Å². The summed E-state index contributed by atoms with van der Waals surface area (Å²) in [6, 6.07) is 1.36. The van der Waals surface area contributed by atoms with Gasteiger partial charge < -0.3 is 10.7 Å². The number of aromatic amines is 1. The number of nitrogens with two attached hydrogens (primary N) is 1. The van der Waals surface area contributed by atoms with Gasteiger partial charge >= 0.3 is 0 Å². The first kappa shape index (κ1) is 11.6. The molecule has 1 aromatic heterocycles. The molecule has 102 valence electrons. The van der Waals surface area contributed by atoms with Gasteiger partial charge in [0.05, 0.1) is 6.04 Å². The van der Waals surface area contributed by atoms with E-state index in [9.17, 15) is 4.79 Å². The zero-order valence-corrected chi connectivity index (χ0v) is 11.1. The maximum absolute atomic E-state index is 11.4. The molecule has 5 rings (SSSR count). The zero-order chi connectivity index (χ0) is 13.0. The van der Waals surface area contributed by atoms with Crippen molar-refractivity contribution in [3.8, 4) is 0 Å². The van der Waals surface area contributed by atoms with Crippen molar-refractivity contribution in [2.45, 2.75) is 38.1 Å². The second kappa shape index (κ2) is 4.17. The monoisotopic (exact) mass is 259 g/mol. The lowest BCUT2D eigenvalue weighted by molar-refractivity contribution is -0.0482. The molecule has 1 unspecified atom stereocenters. The smallest absolute Gasteiger partial charge is 0.250 e. The number of nitrogens with one attached hydrogen (secondary N) is 1. The molecule has 1 atom stereocenters. The van der Waals surface area contributed by atoms with E-state index in [2.05, 4.69) is 9.97 Å². The average molecular weight is 259 g/mol. The molecular formula is C15H21N3O. The molecule has 4 nitrogen and oxygen atoms in total. The van der Waals surface area contributed by atoms with E-state index < -0.39 is 0 Å². The van der Waals surface area contributed by atoms with Gasteiger partial charge in [-0.25, -0.2) is 4.98 Å².